The van der Waals surface area contributed by atoms with Gasteiger partial charge >= 0.3 is 0 Å². The van der Waals surface area contributed by atoms with Crippen LogP contribution < -0.4 is 0 Å². The molecule has 19 heavy (non-hydrogen) atoms. The van der Waals surface area contributed by atoms with Crippen molar-refractivity contribution in [2.75, 3.05) is 13.2 Å². The number of hydrogen-bond donors (Lipinski definition) is 0. The Kier molecular flexibility index (Phi) is 3.66. The van der Waals surface area contributed by atoms with E-state index in [-0.39, 0.29) is 24.5 Å². The van der Waals surface area contributed by atoms with Gasteiger partial charge in [-0.1, -0.05) is 35.4 Å². The Morgan fingerprint density at radius 1 is 1.11 bits per heavy atom. The number of hydrogen-bond acceptors (Lipinski definition) is 4. The van der Waals surface area contributed by atoms with E-state index in [4.69, 9.17) is 19.7 Å². The van der Waals surface area contributed by atoms with Crippen LogP contribution in [0.5, 0.6) is 0 Å². The average Bonchev–Trinajstić information content (AvgIpc) is 2.48. The van der Waals surface area contributed by atoms with Crippen molar-refractivity contribution in [1.29, 1.82) is 0 Å². The Bertz CT molecular complexity index is 475. The van der Waals surface area contributed by atoms with Crippen LogP contribution in [-0.2, 0) is 14.2 Å². The maximum absolute atomic E-state index is 8.48. The minimum absolute atomic E-state index is 0.0647. The van der Waals surface area contributed by atoms with E-state index < -0.39 is 0 Å². The fourth-order valence-electron chi connectivity index (χ4n) is 2.45. The van der Waals surface area contributed by atoms with Crippen LogP contribution in [0.25, 0.3) is 10.4 Å². The number of fused-ring (bicyclic) bond motifs is 1. The number of benzene rings is 1. The molecule has 4 unspecified atom stereocenters. The van der Waals surface area contributed by atoms with Gasteiger partial charge in [0.25, 0.3) is 0 Å². The standard InChI is InChI=1S/C13H15N3O3/c14-16-15-10-6-11-12(17-7-10)8-18-13(19-11)9-4-2-1-3-5-9/h1-5,10-13H,6-8H2. The summed E-state index contributed by atoms with van der Waals surface area (Å²) < 4.78 is 17.2. The predicted octanol–water partition coefficient (Wildman–Crippen LogP) is 2.57. The zero-order valence-electron chi connectivity index (χ0n) is 10.4. The molecule has 0 amide bonds. The second kappa shape index (κ2) is 5.59. The SMILES string of the molecule is [N-]=[N+]=NC1COC2COC(c3ccccc3)OC2C1. The summed E-state index contributed by atoms with van der Waals surface area (Å²) >= 11 is 0. The normalized spacial score (nSPS) is 34.1. The van der Waals surface area contributed by atoms with Gasteiger partial charge in [0.2, 0.25) is 0 Å². The molecule has 0 saturated carbocycles. The van der Waals surface area contributed by atoms with Gasteiger partial charge in [0.15, 0.2) is 6.29 Å². The Labute approximate surface area is 110 Å². The highest BCUT2D eigenvalue weighted by Crippen LogP contribution is 2.32. The first-order valence-corrected chi connectivity index (χ1v) is 6.34. The summed E-state index contributed by atoms with van der Waals surface area (Å²) in [7, 11) is 0. The summed E-state index contributed by atoms with van der Waals surface area (Å²) in [5.41, 5.74) is 9.47. The van der Waals surface area contributed by atoms with Crippen molar-refractivity contribution in [3.8, 4) is 0 Å². The predicted molar refractivity (Wildman–Crippen MR) is 67.3 cm³/mol. The van der Waals surface area contributed by atoms with Gasteiger partial charge in [-0.3, -0.25) is 0 Å². The van der Waals surface area contributed by atoms with Gasteiger partial charge in [-0.2, -0.15) is 0 Å². The molecule has 100 valence electrons. The van der Waals surface area contributed by atoms with E-state index in [0.717, 1.165) is 5.56 Å². The van der Waals surface area contributed by atoms with Gasteiger partial charge in [-0.05, 0) is 12.0 Å². The maximum Gasteiger partial charge on any atom is 0.184 e. The van der Waals surface area contributed by atoms with Gasteiger partial charge in [-0.25, -0.2) is 0 Å². The molecule has 6 nitrogen and oxygen atoms in total. The largest absolute Gasteiger partial charge is 0.373 e. The lowest BCUT2D eigenvalue weighted by Gasteiger charge is -2.40. The summed E-state index contributed by atoms with van der Waals surface area (Å²) in [4.78, 5) is 2.83. The van der Waals surface area contributed by atoms with E-state index in [1.54, 1.807) is 0 Å². The van der Waals surface area contributed by atoms with Crippen LogP contribution >= 0.6 is 0 Å². The second-order valence-electron chi connectivity index (χ2n) is 4.72. The smallest absolute Gasteiger partial charge is 0.184 e. The fourth-order valence-corrected chi connectivity index (χ4v) is 2.45. The molecule has 0 spiro atoms. The van der Waals surface area contributed by atoms with Crippen molar-refractivity contribution >= 4 is 0 Å². The molecule has 2 fully saturated rings. The second-order valence-corrected chi connectivity index (χ2v) is 4.72. The van der Waals surface area contributed by atoms with Crippen LogP contribution in [0.15, 0.2) is 35.4 Å². The van der Waals surface area contributed by atoms with E-state index in [1.807, 2.05) is 30.3 Å². The van der Waals surface area contributed by atoms with Crippen molar-refractivity contribution in [2.24, 2.45) is 5.11 Å². The van der Waals surface area contributed by atoms with E-state index >= 15 is 0 Å². The van der Waals surface area contributed by atoms with Gasteiger partial charge in [0.05, 0.1) is 25.4 Å². The zero-order valence-corrected chi connectivity index (χ0v) is 10.4. The van der Waals surface area contributed by atoms with Crippen LogP contribution in [-0.4, -0.2) is 31.5 Å². The van der Waals surface area contributed by atoms with Gasteiger partial charge in [0.1, 0.15) is 6.10 Å². The lowest BCUT2D eigenvalue weighted by molar-refractivity contribution is -0.279. The summed E-state index contributed by atoms with van der Waals surface area (Å²) in [5, 5.41) is 3.71. The lowest BCUT2D eigenvalue weighted by Crippen LogP contribution is -2.48. The molecular weight excluding hydrogens is 246 g/mol. The van der Waals surface area contributed by atoms with Crippen molar-refractivity contribution < 1.29 is 14.2 Å². The molecule has 3 rings (SSSR count). The minimum Gasteiger partial charge on any atom is -0.373 e. The molecule has 6 heteroatoms. The first-order chi connectivity index (χ1) is 9.36. The Balaban J connectivity index is 1.69. The highest BCUT2D eigenvalue weighted by atomic mass is 16.7. The highest BCUT2D eigenvalue weighted by Gasteiger charge is 2.38. The fraction of sp³-hybridized carbons (Fsp3) is 0.538. The van der Waals surface area contributed by atoms with Crippen LogP contribution in [0.3, 0.4) is 0 Å². The zero-order chi connectivity index (χ0) is 13.1. The van der Waals surface area contributed by atoms with Crippen LogP contribution in [0.4, 0.5) is 0 Å². The number of azide groups is 1. The first kappa shape index (κ1) is 12.4. The minimum atomic E-state index is -0.365. The Hall–Kier alpha value is -1.59. The number of nitrogens with zero attached hydrogens (tertiary/aromatic N) is 3. The third-order valence-corrected chi connectivity index (χ3v) is 3.42. The van der Waals surface area contributed by atoms with Gasteiger partial charge in [-0.15, -0.1) is 0 Å². The third-order valence-electron chi connectivity index (χ3n) is 3.42. The van der Waals surface area contributed by atoms with E-state index in [2.05, 4.69) is 10.0 Å². The number of rotatable bonds is 2. The topological polar surface area (TPSA) is 76.5 Å². The molecule has 1 aromatic rings. The number of ether oxygens (including phenoxy) is 3. The van der Waals surface area contributed by atoms with Gasteiger partial charge < -0.3 is 14.2 Å². The summed E-state index contributed by atoms with van der Waals surface area (Å²) in [5.74, 6) is 0. The van der Waals surface area contributed by atoms with Crippen molar-refractivity contribution in [2.45, 2.75) is 31.0 Å². The molecule has 2 saturated heterocycles. The first-order valence-electron chi connectivity index (χ1n) is 6.34. The molecule has 0 N–H and O–H groups in total. The molecule has 0 aliphatic carbocycles. The molecule has 1 aromatic carbocycles. The van der Waals surface area contributed by atoms with E-state index in [0.29, 0.717) is 19.6 Å². The molecule has 2 heterocycles. The monoisotopic (exact) mass is 261 g/mol. The molecule has 0 bridgehead atoms. The van der Waals surface area contributed by atoms with Crippen LogP contribution in [0.1, 0.15) is 18.3 Å². The van der Waals surface area contributed by atoms with Crippen molar-refractivity contribution in [1.82, 2.24) is 0 Å². The third kappa shape index (κ3) is 2.72. The molecule has 0 radical (unpaired) electrons. The van der Waals surface area contributed by atoms with Gasteiger partial charge in [0, 0.05) is 10.5 Å². The Morgan fingerprint density at radius 3 is 2.74 bits per heavy atom. The maximum atomic E-state index is 8.48. The van der Waals surface area contributed by atoms with Crippen LogP contribution in [0, 0.1) is 0 Å². The average molecular weight is 261 g/mol. The van der Waals surface area contributed by atoms with Crippen molar-refractivity contribution in [3.05, 3.63) is 46.3 Å². The van der Waals surface area contributed by atoms with Crippen LogP contribution in [0.2, 0.25) is 0 Å². The Morgan fingerprint density at radius 2 is 1.95 bits per heavy atom. The molecule has 2 aliphatic heterocycles. The lowest BCUT2D eigenvalue weighted by atomic mass is 10.0. The molecule has 2 aliphatic rings. The summed E-state index contributed by atoms with van der Waals surface area (Å²) in [6.07, 6.45) is 0.172. The van der Waals surface area contributed by atoms with Crippen molar-refractivity contribution in [3.63, 3.8) is 0 Å². The quantitative estimate of drug-likeness (QED) is 0.466. The van der Waals surface area contributed by atoms with E-state index in [9.17, 15) is 0 Å². The highest BCUT2D eigenvalue weighted by molar-refractivity contribution is 5.16. The molecular formula is C13H15N3O3. The molecule has 4 atom stereocenters. The van der Waals surface area contributed by atoms with E-state index in [1.165, 1.54) is 0 Å². The summed E-state index contributed by atoms with van der Waals surface area (Å²) in [6, 6.07) is 9.65. The molecule has 0 aromatic heterocycles. The summed E-state index contributed by atoms with van der Waals surface area (Å²) in [6.45, 7) is 0.946.